The van der Waals surface area contributed by atoms with Crippen LogP contribution >= 0.6 is 15.9 Å². The molecule has 2 nitrogen and oxygen atoms in total. The number of anilines is 1. The number of rotatable bonds is 2. The Balaban J connectivity index is 2.02. The van der Waals surface area contributed by atoms with Gasteiger partial charge in [-0.15, -0.1) is 0 Å². The summed E-state index contributed by atoms with van der Waals surface area (Å²) >= 11 is 3.59. The highest BCUT2D eigenvalue weighted by Gasteiger charge is 2.15. The maximum atomic E-state index is 3.69. The minimum absolute atomic E-state index is 0.618. The highest BCUT2D eigenvalue weighted by molar-refractivity contribution is 9.10. The van der Waals surface area contributed by atoms with Gasteiger partial charge in [-0.3, -0.25) is 0 Å². The molecule has 0 bridgehead atoms. The second-order valence-corrected chi connectivity index (χ2v) is 5.84. The second kappa shape index (κ2) is 5.87. The Bertz CT molecular complexity index is 378. The van der Waals surface area contributed by atoms with Crippen molar-refractivity contribution in [2.75, 3.05) is 25.5 Å². The lowest BCUT2D eigenvalue weighted by atomic mass is 10.1. The number of nitrogens with one attached hydrogen (secondary N) is 1. The van der Waals surface area contributed by atoms with E-state index in [4.69, 9.17) is 0 Å². The zero-order valence-corrected chi connectivity index (χ0v) is 12.3. The van der Waals surface area contributed by atoms with Gasteiger partial charge in [-0.05, 0) is 64.0 Å². The molecule has 1 atom stereocenters. The maximum absolute atomic E-state index is 3.69. The van der Waals surface area contributed by atoms with Crippen molar-refractivity contribution in [1.29, 1.82) is 0 Å². The van der Waals surface area contributed by atoms with Crippen molar-refractivity contribution in [3.05, 3.63) is 28.2 Å². The van der Waals surface area contributed by atoms with Crippen molar-refractivity contribution in [3.8, 4) is 0 Å². The molecule has 0 spiro atoms. The van der Waals surface area contributed by atoms with Crippen LogP contribution in [-0.2, 0) is 0 Å². The van der Waals surface area contributed by atoms with Crippen molar-refractivity contribution in [2.45, 2.75) is 32.2 Å². The third-order valence-electron chi connectivity index (χ3n) is 3.58. The molecule has 94 valence electrons. The van der Waals surface area contributed by atoms with Gasteiger partial charge in [0, 0.05) is 16.2 Å². The summed E-state index contributed by atoms with van der Waals surface area (Å²) in [6.07, 6.45) is 3.81. The van der Waals surface area contributed by atoms with E-state index in [-0.39, 0.29) is 0 Å². The zero-order chi connectivity index (χ0) is 12.3. The van der Waals surface area contributed by atoms with E-state index >= 15 is 0 Å². The molecule has 1 heterocycles. The molecular formula is C14H21BrN2. The molecule has 3 heteroatoms. The normalized spacial score (nSPS) is 22.2. The molecule has 1 unspecified atom stereocenters. The third-order valence-corrected chi connectivity index (χ3v) is 4.44. The summed E-state index contributed by atoms with van der Waals surface area (Å²) in [5.41, 5.74) is 2.58. The molecule has 1 saturated heterocycles. The Hall–Kier alpha value is -0.540. The molecule has 0 radical (unpaired) electrons. The summed E-state index contributed by atoms with van der Waals surface area (Å²) in [5.74, 6) is 0. The SMILES string of the molecule is Cc1c(Br)cccc1NC1CCCN(C)CC1. The van der Waals surface area contributed by atoms with Crippen molar-refractivity contribution in [3.63, 3.8) is 0 Å². The molecule has 0 aliphatic carbocycles. The van der Waals surface area contributed by atoms with Gasteiger partial charge in [0.2, 0.25) is 0 Å². The van der Waals surface area contributed by atoms with Gasteiger partial charge in [-0.1, -0.05) is 22.0 Å². The summed E-state index contributed by atoms with van der Waals surface area (Å²) in [4.78, 5) is 2.43. The standard InChI is InChI=1S/C14H21BrN2/c1-11-13(15)6-3-7-14(11)16-12-5-4-9-17(2)10-8-12/h3,6-7,12,16H,4-5,8-10H2,1-2H3. The molecule has 0 amide bonds. The number of benzene rings is 1. The Morgan fingerprint density at radius 1 is 1.29 bits per heavy atom. The van der Waals surface area contributed by atoms with E-state index in [0.717, 1.165) is 0 Å². The van der Waals surface area contributed by atoms with Gasteiger partial charge in [0.15, 0.2) is 0 Å². The van der Waals surface area contributed by atoms with Crippen molar-refractivity contribution in [2.24, 2.45) is 0 Å². The summed E-state index contributed by atoms with van der Waals surface area (Å²) in [7, 11) is 2.22. The molecule has 0 aromatic heterocycles. The van der Waals surface area contributed by atoms with E-state index < -0.39 is 0 Å². The Kier molecular flexibility index (Phi) is 4.46. The van der Waals surface area contributed by atoms with E-state index in [0.29, 0.717) is 6.04 Å². The van der Waals surface area contributed by atoms with Crippen LogP contribution in [0.25, 0.3) is 0 Å². The summed E-state index contributed by atoms with van der Waals surface area (Å²) in [5, 5.41) is 3.69. The Morgan fingerprint density at radius 2 is 2.12 bits per heavy atom. The predicted octanol–water partition coefficient (Wildman–Crippen LogP) is 3.65. The van der Waals surface area contributed by atoms with E-state index in [2.05, 4.69) is 58.3 Å². The van der Waals surface area contributed by atoms with Gasteiger partial charge in [0.25, 0.3) is 0 Å². The fraction of sp³-hybridized carbons (Fsp3) is 0.571. The van der Waals surface area contributed by atoms with Crippen molar-refractivity contribution in [1.82, 2.24) is 4.90 Å². The summed E-state index contributed by atoms with van der Waals surface area (Å²) in [6, 6.07) is 6.99. The molecule has 0 saturated carbocycles. The van der Waals surface area contributed by atoms with Gasteiger partial charge in [0.05, 0.1) is 0 Å². The first-order valence-electron chi connectivity index (χ1n) is 6.37. The number of nitrogens with zero attached hydrogens (tertiary/aromatic N) is 1. The van der Waals surface area contributed by atoms with Gasteiger partial charge < -0.3 is 10.2 Å². The largest absolute Gasteiger partial charge is 0.382 e. The van der Waals surface area contributed by atoms with E-state index in [1.807, 2.05) is 0 Å². The fourth-order valence-electron chi connectivity index (χ4n) is 2.37. The van der Waals surface area contributed by atoms with Crippen LogP contribution in [0.4, 0.5) is 5.69 Å². The minimum atomic E-state index is 0.618. The molecule has 1 aromatic rings. The van der Waals surface area contributed by atoms with Gasteiger partial charge in [0.1, 0.15) is 0 Å². The first kappa shape index (κ1) is 12.9. The van der Waals surface area contributed by atoms with E-state index in [1.54, 1.807) is 0 Å². The summed E-state index contributed by atoms with van der Waals surface area (Å²) in [6.45, 7) is 4.59. The monoisotopic (exact) mass is 296 g/mol. The molecular weight excluding hydrogens is 276 g/mol. The highest BCUT2D eigenvalue weighted by Crippen LogP contribution is 2.25. The lowest BCUT2D eigenvalue weighted by molar-refractivity contribution is 0.348. The first-order chi connectivity index (χ1) is 8.16. The highest BCUT2D eigenvalue weighted by atomic mass is 79.9. The molecule has 1 N–H and O–H groups in total. The van der Waals surface area contributed by atoms with Crippen LogP contribution in [0, 0.1) is 6.92 Å². The topological polar surface area (TPSA) is 15.3 Å². The molecule has 2 rings (SSSR count). The molecule has 1 aliphatic heterocycles. The van der Waals surface area contributed by atoms with Gasteiger partial charge in [-0.25, -0.2) is 0 Å². The van der Waals surface area contributed by atoms with Crippen LogP contribution in [0.15, 0.2) is 22.7 Å². The lowest BCUT2D eigenvalue weighted by Crippen LogP contribution is -2.23. The minimum Gasteiger partial charge on any atom is -0.382 e. The number of likely N-dealkylation sites (tertiary alicyclic amines) is 1. The predicted molar refractivity (Wildman–Crippen MR) is 77.6 cm³/mol. The second-order valence-electron chi connectivity index (χ2n) is 4.99. The van der Waals surface area contributed by atoms with Crippen LogP contribution in [0.1, 0.15) is 24.8 Å². The zero-order valence-electron chi connectivity index (χ0n) is 10.7. The Labute approximate surface area is 113 Å². The number of halogens is 1. The molecule has 1 aromatic carbocycles. The van der Waals surface area contributed by atoms with Gasteiger partial charge >= 0.3 is 0 Å². The number of hydrogen-bond donors (Lipinski definition) is 1. The van der Waals surface area contributed by atoms with Crippen LogP contribution in [-0.4, -0.2) is 31.1 Å². The molecule has 1 aliphatic rings. The average Bonchev–Trinajstić information content (AvgIpc) is 2.50. The molecule has 1 fully saturated rings. The fourth-order valence-corrected chi connectivity index (χ4v) is 2.73. The Morgan fingerprint density at radius 3 is 2.94 bits per heavy atom. The molecule has 17 heavy (non-hydrogen) atoms. The van der Waals surface area contributed by atoms with E-state index in [9.17, 15) is 0 Å². The maximum Gasteiger partial charge on any atom is 0.0383 e. The van der Waals surface area contributed by atoms with Gasteiger partial charge in [-0.2, -0.15) is 0 Å². The summed E-state index contributed by atoms with van der Waals surface area (Å²) < 4.78 is 1.19. The average molecular weight is 297 g/mol. The lowest BCUT2D eigenvalue weighted by Gasteiger charge is -2.20. The van der Waals surface area contributed by atoms with Crippen LogP contribution in [0.5, 0.6) is 0 Å². The number of hydrogen-bond acceptors (Lipinski definition) is 2. The smallest absolute Gasteiger partial charge is 0.0383 e. The van der Waals surface area contributed by atoms with Crippen molar-refractivity contribution < 1.29 is 0 Å². The third kappa shape index (κ3) is 3.46. The van der Waals surface area contributed by atoms with Crippen LogP contribution in [0.2, 0.25) is 0 Å². The quantitative estimate of drug-likeness (QED) is 0.896. The first-order valence-corrected chi connectivity index (χ1v) is 7.16. The van der Waals surface area contributed by atoms with Crippen LogP contribution in [0.3, 0.4) is 0 Å². The van der Waals surface area contributed by atoms with Crippen molar-refractivity contribution >= 4 is 21.6 Å². The van der Waals surface area contributed by atoms with Crippen LogP contribution < -0.4 is 5.32 Å². The van der Waals surface area contributed by atoms with E-state index in [1.165, 1.54) is 48.1 Å².